The second kappa shape index (κ2) is 6.07. The zero-order valence-electron chi connectivity index (χ0n) is 11.5. The number of carbonyl (C=O) groups is 1. The Morgan fingerprint density at radius 1 is 1.27 bits per heavy atom. The van der Waals surface area contributed by atoms with Gasteiger partial charge < -0.3 is 5.32 Å². The zero-order chi connectivity index (χ0) is 15.5. The van der Waals surface area contributed by atoms with Gasteiger partial charge in [0, 0.05) is 18.7 Å². The first-order valence-electron chi connectivity index (χ1n) is 6.61. The largest absolute Gasteiger partial charge is 0.326 e. The van der Waals surface area contributed by atoms with Crippen LogP contribution in [-0.4, -0.2) is 15.5 Å². The Morgan fingerprint density at radius 3 is 2.82 bits per heavy atom. The fraction of sp³-hybridized carbons (Fsp3) is 0.133. The van der Waals surface area contributed by atoms with Crippen LogP contribution in [0.25, 0.3) is 10.2 Å². The first-order chi connectivity index (χ1) is 10.6. The monoisotopic (exact) mass is 317 g/mol. The molecule has 1 amide bonds. The van der Waals surface area contributed by atoms with Gasteiger partial charge in [0.05, 0.1) is 11.7 Å². The average Bonchev–Trinajstić information content (AvgIpc) is 2.98. The van der Waals surface area contributed by atoms with E-state index in [4.69, 9.17) is 0 Å². The van der Waals surface area contributed by atoms with Crippen molar-refractivity contribution in [1.82, 2.24) is 9.55 Å². The van der Waals surface area contributed by atoms with Gasteiger partial charge >= 0.3 is 0 Å². The first kappa shape index (κ1) is 14.4. The van der Waals surface area contributed by atoms with Crippen molar-refractivity contribution in [3.8, 4) is 0 Å². The number of nitrogens with one attached hydrogen (secondary N) is 1. The van der Waals surface area contributed by atoms with Crippen molar-refractivity contribution in [2.75, 3.05) is 5.32 Å². The molecule has 0 aliphatic rings. The van der Waals surface area contributed by atoms with Gasteiger partial charge in [0.15, 0.2) is 0 Å². The van der Waals surface area contributed by atoms with E-state index in [9.17, 15) is 14.0 Å². The molecule has 7 heteroatoms. The Labute approximate surface area is 129 Å². The van der Waals surface area contributed by atoms with Crippen LogP contribution in [-0.2, 0) is 11.3 Å². The molecular weight excluding hydrogens is 305 g/mol. The molecule has 0 unspecified atom stereocenters. The lowest BCUT2D eigenvalue weighted by Crippen LogP contribution is -2.23. The Kier molecular flexibility index (Phi) is 3.97. The number of hydrogen-bond donors (Lipinski definition) is 1. The van der Waals surface area contributed by atoms with Gasteiger partial charge in [-0.25, -0.2) is 9.37 Å². The van der Waals surface area contributed by atoms with Gasteiger partial charge in [0.1, 0.15) is 10.6 Å². The minimum atomic E-state index is -0.361. The molecule has 0 fully saturated rings. The van der Waals surface area contributed by atoms with Crippen LogP contribution in [0.15, 0.2) is 46.8 Å². The first-order valence-corrected chi connectivity index (χ1v) is 7.49. The summed E-state index contributed by atoms with van der Waals surface area (Å²) in [5.74, 6) is -0.608. The predicted molar refractivity (Wildman–Crippen MR) is 83.5 cm³/mol. The molecule has 3 rings (SSSR count). The van der Waals surface area contributed by atoms with E-state index in [1.807, 2.05) is 5.38 Å². The van der Waals surface area contributed by atoms with Crippen molar-refractivity contribution in [3.63, 3.8) is 0 Å². The Hall–Kier alpha value is -2.54. The van der Waals surface area contributed by atoms with Gasteiger partial charge in [0.2, 0.25) is 5.91 Å². The molecular formula is C15H12FN3O2S. The number of aromatic nitrogens is 2. The van der Waals surface area contributed by atoms with E-state index < -0.39 is 0 Å². The Morgan fingerprint density at radius 2 is 2.05 bits per heavy atom. The maximum atomic E-state index is 12.8. The van der Waals surface area contributed by atoms with Crippen LogP contribution in [0.1, 0.15) is 6.42 Å². The Balaban J connectivity index is 1.66. The summed E-state index contributed by atoms with van der Waals surface area (Å²) in [6, 6.07) is 7.24. The quantitative estimate of drug-likeness (QED) is 0.804. The lowest BCUT2D eigenvalue weighted by atomic mass is 10.3. The molecule has 2 aromatic heterocycles. The van der Waals surface area contributed by atoms with E-state index in [2.05, 4.69) is 10.3 Å². The number of thiophene rings is 1. The van der Waals surface area contributed by atoms with Gasteiger partial charge in [-0.3, -0.25) is 14.2 Å². The summed E-state index contributed by atoms with van der Waals surface area (Å²) in [7, 11) is 0. The molecule has 0 aliphatic carbocycles. The van der Waals surface area contributed by atoms with Crippen LogP contribution in [0.2, 0.25) is 0 Å². The molecule has 0 bridgehead atoms. The number of carbonyl (C=O) groups excluding carboxylic acids is 1. The number of anilines is 1. The number of amides is 1. The highest BCUT2D eigenvalue weighted by molar-refractivity contribution is 7.16. The van der Waals surface area contributed by atoms with E-state index in [0.29, 0.717) is 15.9 Å². The normalized spacial score (nSPS) is 10.8. The highest BCUT2D eigenvalue weighted by atomic mass is 32.1. The maximum absolute atomic E-state index is 12.8. The standard InChI is InChI=1S/C15H12FN3O2S/c16-10-1-3-11(4-2-10)18-13(20)5-7-19-9-17-14-12(15(19)21)6-8-22-14/h1-4,6,8-9H,5,7H2,(H,18,20). The van der Waals surface area contributed by atoms with Crippen LogP contribution in [0.3, 0.4) is 0 Å². The molecule has 1 aromatic carbocycles. The second-order valence-corrected chi connectivity index (χ2v) is 5.58. The van der Waals surface area contributed by atoms with Crippen LogP contribution in [0.5, 0.6) is 0 Å². The zero-order valence-corrected chi connectivity index (χ0v) is 12.3. The summed E-state index contributed by atoms with van der Waals surface area (Å²) < 4.78 is 14.2. The molecule has 0 aliphatic heterocycles. The summed E-state index contributed by atoms with van der Waals surface area (Å²) in [4.78, 5) is 28.9. The smallest absolute Gasteiger partial charge is 0.262 e. The molecule has 112 valence electrons. The van der Waals surface area contributed by atoms with Crippen molar-refractivity contribution >= 4 is 33.1 Å². The summed E-state index contributed by atoms with van der Waals surface area (Å²) in [5.41, 5.74) is 0.367. The molecule has 0 saturated heterocycles. The van der Waals surface area contributed by atoms with Gasteiger partial charge in [0.25, 0.3) is 5.56 Å². The van der Waals surface area contributed by atoms with E-state index >= 15 is 0 Å². The molecule has 0 spiro atoms. The molecule has 2 heterocycles. The fourth-order valence-corrected chi connectivity index (χ4v) is 2.75. The van der Waals surface area contributed by atoms with Crippen molar-refractivity contribution < 1.29 is 9.18 Å². The Bertz CT molecular complexity index is 870. The summed E-state index contributed by atoms with van der Waals surface area (Å²) in [6.45, 7) is 0.241. The van der Waals surface area contributed by atoms with Crippen LogP contribution >= 0.6 is 11.3 Å². The fourth-order valence-electron chi connectivity index (χ4n) is 2.03. The maximum Gasteiger partial charge on any atom is 0.262 e. The van der Waals surface area contributed by atoms with E-state index in [1.165, 1.54) is 46.5 Å². The van der Waals surface area contributed by atoms with Gasteiger partial charge in [-0.15, -0.1) is 11.3 Å². The summed E-state index contributed by atoms with van der Waals surface area (Å²) >= 11 is 1.40. The third kappa shape index (κ3) is 3.04. The molecule has 22 heavy (non-hydrogen) atoms. The SMILES string of the molecule is O=C(CCn1cnc2sccc2c1=O)Nc1ccc(F)cc1. The molecule has 0 atom stereocenters. The highest BCUT2D eigenvalue weighted by Crippen LogP contribution is 2.13. The average molecular weight is 317 g/mol. The van der Waals surface area contributed by atoms with Gasteiger partial charge in [-0.1, -0.05) is 0 Å². The van der Waals surface area contributed by atoms with Crippen molar-refractivity contribution in [2.24, 2.45) is 0 Å². The van der Waals surface area contributed by atoms with E-state index in [1.54, 1.807) is 6.07 Å². The number of rotatable bonds is 4. The molecule has 0 radical (unpaired) electrons. The van der Waals surface area contributed by atoms with Gasteiger partial charge in [-0.05, 0) is 35.7 Å². The van der Waals surface area contributed by atoms with E-state index in [-0.39, 0.29) is 30.2 Å². The lowest BCUT2D eigenvalue weighted by Gasteiger charge is -2.07. The number of hydrogen-bond acceptors (Lipinski definition) is 4. The third-order valence-corrected chi connectivity index (χ3v) is 3.98. The van der Waals surface area contributed by atoms with Crippen LogP contribution in [0, 0.1) is 5.82 Å². The third-order valence-electron chi connectivity index (χ3n) is 3.16. The van der Waals surface area contributed by atoms with Crippen LogP contribution in [0.4, 0.5) is 10.1 Å². The topological polar surface area (TPSA) is 64.0 Å². The summed E-state index contributed by atoms with van der Waals surface area (Å²) in [5, 5.41) is 5.02. The van der Waals surface area contributed by atoms with Crippen molar-refractivity contribution in [1.29, 1.82) is 0 Å². The van der Waals surface area contributed by atoms with Crippen molar-refractivity contribution in [3.05, 3.63) is 58.2 Å². The predicted octanol–water partition coefficient (Wildman–Crippen LogP) is 2.63. The summed E-state index contributed by atoms with van der Waals surface area (Å²) in [6.07, 6.45) is 1.58. The number of aryl methyl sites for hydroxylation is 1. The minimum Gasteiger partial charge on any atom is -0.326 e. The highest BCUT2D eigenvalue weighted by Gasteiger charge is 2.07. The van der Waals surface area contributed by atoms with Crippen molar-refractivity contribution in [2.45, 2.75) is 13.0 Å². The number of benzene rings is 1. The number of halogens is 1. The van der Waals surface area contributed by atoms with E-state index in [0.717, 1.165) is 0 Å². The van der Waals surface area contributed by atoms with Crippen LogP contribution < -0.4 is 10.9 Å². The minimum absolute atomic E-state index is 0.134. The second-order valence-electron chi connectivity index (χ2n) is 4.69. The van der Waals surface area contributed by atoms with Gasteiger partial charge in [-0.2, -0.15) is 0 Å². The molecule has 5 nitrogen and oxygen atoms in total. The number of fused-ring (bicyclic) bond motifs is 1. The number of nitrogens with zero attached hydrogens (tertiary/aromatic N) is 2. The molecule has 1 N–H and O–H groups in total. The molecule has 0 saturated carbocycles. The lowest BCUT2D eigenvalue weighted by molar-refractivity contribution is -0.116. The molecule has 3 aromatic rings.